The number of carbonyl (C=O) groups excluding carboxylic acids is 2. The Bertz CT molecular complexity index is 544. The summed E-state index contributed by atoms with van der Waals surface area (Å²) in [5.74, 6) is 4.98. The van der Waals surface area contributed by atoms with Crippen molar-refractivity contribution in [2.24, 2.45) is 0 Å². The molecule has 6 nitrogen and oxygen atoms in total. The number of hydrogen-bond donors (Lipinski definition) is 2. The van der Waals surface area contributed by atoms with Crippen LogP contribution in [0.1, 0.15) is 22.3 Å². The number of aliphatic hydroxyl groups excluding tert-OH is 1. The van der Waals surface area contributed by atoms with Crippen LogP contribution in [0.3, 0.4) is 0 Å². The molecule has 0 aliphatic carbocycles. The Hall–Kier alpha value is -2.39. The summed E-state index contributed by atoms with van der Waals surface area (Å²) in [5, 5.41) is 11.2. The van der Waals surface area contributed by atoms with E-state index in [1.54, 1.807) is 20.2 Å². The Kier molecular flexibility index (Phi) is 6.20. The number of pyridine rings is 1. The van der Waals surface area contributed by atoms with E-state index in [4.69, 9.17) is 5.11 Å². The van der Waals surface area contributed by atoms with E-state index in [0.717, 1.165) is 0 Å². The molecule has 106 valence electrons. The fourth-order valence-electron chi connectivity index (χ4n) is 1.27. The van der Waals surface area contributed by atoms with E-state index in [-0.39, 0.29) is 25.0 Å². The number of rotatable bonds is 4. The molecule has 2 N–H and O–H groups in total. The predicted octanol–water partition coefficient (Wildman–Crippen LogP) is -0.366. The van der Waals surface area contributed by atoms with Crippen molar-refractivity contribution in [3.63, 3.8) is 0 Å². The zero-order valence-corrected chi connectivity index (χ0v) is 11.5. The van der Waals surface area contributed by atoms with Crippen LogP contribution in [0, 0.1) is 11.8 Å². The molecular formula is C14H17N3O3. The van der Waals surface area contributed by atoms with Crippen molar-refractivity contribution in [3.8, 4) is 11.8 Å². The third-order valence-electron chi connectivity index (χ3n) is 2.37. The van der Waals surface area contributed by atoms with Crippen LogP contribution in [0.2, 0.25) is 0 Å². The van der Waals surface area contributed by atoms with E-state index in [1.807, 2.05) is 0 Å². The van der Waals surface area contributed by atoms with Crippen molar-refractivity contribution in [1.82, 2.24) is 15.2 Å². The van der Waals surface area contributed by atoms with Gasteiger partial charge in [0.25, 0.3) is 5.91 Å². The van der Waals surface area contributed by atoms with Gasteiger partial charge in [-0.05, 0) is 6.07 Å². The van der Waals surface area contributed by atoms with Crippen LogP contribution in [0.15, 0.2) is 18.5 Å². The third kappa shape index (κ3) is 5.08. The molecule has 0 aromatic carbocycles. The normalized spacial score (nSPS) is 9.35. The number of aliphatic hydroxyl groups is 1. The molecule has 6 heteroatoms. The zero-order chi connectivity index (χ0) is 15.0. The van der Waals surface area contributed by atoms with E-state index in [0.29, 0.717) is 17.5 Å². The first kappa shape index (κ1) is 15.7. The molecule has 0 radical (unpaired) electrons. The Balaban J connectivity index is 2.67. The highest BCUT2D eigenvalue weighted by Crippen LogP contribution is 2.01. The van der Waals surface area contributed by atoms with Crippen molar-refractivity contribution in [1.29, 1.82) is 0 Å². The van der Waals surface area contributed by atoms with Crippen LogP contribution in [0.5, 0.6) is 0 Å². The van der Waals surface area contributed by atoms with Crippen LogP contribution in [0.25, 0.3) is 0 Å². The van der Waals surface area contributed by atoms with Gasteiger partial charge in [0, 0.05) is 38.5 Å². The van der Waals surface area contributed by atoms with Gasteiger partial charge in [0.15, 0.2) is 0 Å². The predicted molar refractivity (Wildman–Crippen MR) is 73.8 cm³/mol. The van der Waals surface area contributed by atoms with Gasteiger partial charge in [0.2, 0.25) is 5.91 Å². The molecule has 0 aliphatic heterocycles. The van der Waals surface area contributed by atoms with E-state index < -0.39 is 0 Å². The van der Waals surface area contributed by atoms with Gasteiger partial charge >= 0.3 is 0 Å². The molecule has 20 heavy (non-hydrogen) atoms. The lowest BCUT2D eigenvalue weighted by Gasteiger charge is -2.10. The summed E-state index contributed by atoms with van der Waals surface area (Å²) >= 11 is 0. The molecule has 2 amide bonds. The number of aromatic nitrogens is 1. The van der Waals surface area contributed by atoms with Gasteiger partial charge in [0.05, 0.1) is 18.7 Å². The third-order valence-corrected chi connectivity index (χ3v) is 2.37. The molecule has 1 heterocycles. The highest BCUT2D eigenvalue weighted by atomic mass is 16.2. The van der Waals surface area contributed by atoms with Crippen molar-refractivity contribution >= 4 is 11.8 Å². The van der Waals surface area contributed by atoms with Crippen molar-refractivity contribution < 1.29 is 14.7 Å². The lowest BCUT2D eigenvalue weighted by atomic mass is 10.2. The SMILES string of the molecule is CN(C)C(=O)CNC(=O)c1cncc(C#CCCO)c1. The Morgan fingerprint density at radius 3 is 2.80 bits per heavy atom. The summed E-state index contributed by atoms with van der Waals surface area (Å²) in [5.41, 5.74) is 0.928. The minimum absolute atomic E-state index is 0.00669. The molecule has 1 rings (SSSR count). The second kappa shape index (κ2) is 7.92. The maximum atomic E-state index is 11.8. The summed E-state index contributed by atoms with van der Waals surface area (Å²) in [4.78, 5) is 28.5. The molecule has 0 fully saturated rings. The first-order chi connectivity index (χ1) is 9.54. The second-order valence-electron chi connectivity index (χ2n) is 4.21. The van der Waals surface area contributed by atoms with Gasteiger partial charge in [-0.3, -0.25) is 14.6 Å². The number of likely N-dealkylation sites (N-methyl/N-ethyl adjacent to an activating group) is 1. The van der Waals surface area contributed by atoms with E-state index in [9.17, 15) is 9.59 Å². The number of amides is 2. The zero-order valence-electron chi connectivity index (χ0n) is 11.5. The highest BCUT2D eigenvalue weighted by molar-refractivity contribution is 5.96. The fraction of sp³-hybridized carbons (Fsp3) is 0.357. The van der Waals surface area contributed by atoms with E-state index in [1.165, 1.54) is 17.3 Å². The Morgan fingerprint density at radius 1 is 1.40 bits per heavy atom. The fourth-order valence-corrected chi connectivity index (χ4v) is 1.27. The van der Waals surface area contributed by atoms with Gasteiger partial charge < -0.3 is 15.3 Å². The monoisotopic (exact) mass is 275 g/mol. The van der Waals surface area contributed by atoms with Crippen LogP contribution in [0.4, 0.5) is 0 Å². The van der Waals surface area contributed by atoms with Gasteiger partial charge in [-0.15, -0.1) is 0 Å². The molecule has 1 aromatic rings. The largest absolute Gasteiger partial charge is 0.395 e. The standard InChI is InChI=1S/C14H17N3O3/c1-17(2)13(19)10-16-14(20)12-7-11(8-15-9-12)5-3-4-6-18/h7-9,18H,4,6,10H2,1-2H3,(H,16,20). The lowest BCUT2D eigenvalue weighted by Crippen LogP contribution is -2.36. The maximum Gasteiger partial charge on any atom is 0.253 e. The van der Waals surface area contributed by atoms with Crippen LogP contribution >= 0.6 is 0 Å². The molecule has 0 unspecified atom stereocenters. The van der Waals surface area contributed by atoms with Gasteiger partial charge in [0.1, 0.15) is 0 Å². The molecule has 0 bridgehead atoms. The lowest BCUT2D eigenvalue weighted by molar-refractivity contribution is -0.127. The van der Waals surface area contributed by atoms with Crippen molar-refractivity contribution in [2.45, 2.75) is 6.42 Å². The minimum Gasteiger partial charge on any atom is -0.395 e. The molecule has 0 saturated carbocycles. The van der Waals surface area contributed by atoms with Gasteiger partial charge in [-0.25, -0.2) is 0 Å². The summed E-state index contributed by atoms with van der Waals surface area (Å²) in [6.45, 7) is -0.0699. The molecule has 0 saturated heterocycles. The Morgan fingerprint density at radius 2 is 2.15 bits per heavy atom. The summed E-state index contributed by atoms with van der Waals surface area (Å²) in [6, 6.07) is 1.59. The smallest absolute Gasteiger partial charge is 0.253 e. The highest BCUT2D eigenvalue weighted by Gasteiger charge is 2.09. The minimum atomic E-state index is -0.376. The first-order valence-corrected chi connectivity index (χ1v) is 6.07. The van der Waals surface area contributed by atoms with Gasteiger partial charge in [-0.1, -0.05) is 11.8 Å². The topological polar surface area (TPSA) is 82.5 Å². The average molecular weight is 275 g/mol. The van der Waals surface area contributed by atoms with Crippen molar-refractivity contribution in [3.05, 3.63) is 29.6 Å². The molecule has 0 atom stereocenters. The average Bonchev–Trinajstić information content (AvgIpc) is 2.44. The van der Waals surface area contributed by atoms with E-state index >= 15 is 0 Å². The molecule has 0 spiro atoms. The van der Waals surface area contributed by atoms with Crippen LogP contribution in [-0.2, 0) is 4.79 Å². The number of hydrogen-bond acceptors (Lipinski definition) is 4. The Labute approximate surface area is 117 Å². The number of nitrogens with zero attached hydrogens (tertiary/aromatic N) is 2. The second-order valence-corrected chi connectivity index (χ2v) is 4.21. The number of nitrogens with one attached hydrogen (secondary N) is 1. The maximum absolute atomic E-state index is 11.8. The summed E-state index contributed by atoms with van der Waals surface area (Å²) in [6.07, 6.45) is 3.31. The van der Waals surface area contributed by atoms with Crippen molar-refractivity contribution in [2.75, 3.05) is 27.2 Å². The van der Waals surface area contributed by atoms with Crippen LogP contribution in [-0.4, -0.2) is 54.1 Å². The molecular weight excluding hydrogens is 258 g/mol. The molecule has 1 aromatic heterocycles. The summed E-state index contributed by atoms with van der Waals surface area (Å²) in [7, 11) is 3.24. The number of carbonyl (C=O) groups is 2. The summed E-state index contributed by atoms with van der Waals surface area (Å²) < 4.78 is 0. The first-order valence-electron chi connectivity index (χ1n) is 6.07. The van der Waals surface area contributed by atoms with E-state index in [2.05, 4.69) is 22.1 Å². The van der Waals surface area contributed by atoms with Gasteiger partial charge in [-0.2, -0.15) is 0 Å². The quantitative estimate of drug-likeness (QED) is 0.735. The molecule has 0 aliphatic rings. The van der Waals surface area contributed by atoms with Crippen LogP contribution < -0.4 is 5.32 Å².